The van der Waals surface area contributed by atoms with E-state index in [0.717, 1.165) is 12.0 Å². The van der Waals surface area contributed by atoms with Gasteiger partial charge in [-0.15, -0.1) is 0 Å². The molecule has 1 atom stereocenters. The second-order valence-electron chi connectivity index (χ2n) is 4.62. The third-order valence-electron chi connectivity index (χ3n) is 3.34. The van der Waals surface area contributed by atoms with Crippen molar-refractivity contribution >= 4 is 23.2 Å². The van der Waals surface area contributed by atoms with Crippen LogP contribution in [0.1, 0.15) is 22.8 Å². The molecule has 2 aromatic carbocycles. The first kappa shape index (κ1) is 13.7. The Kier molecular flexibility index (Phi) is 3.59. The van der Waals surface area contributed by atoms with Gasteiger partial charge in [-0.3, -0.25) is 0 Å². The summed E-state index contributed by atoms with van der Waals surface area (Å²) in [5.41, 5.74) is 1.39. The summed E-state index contributed by atoms with van der Waals surface area (Å²) in [5.74, 6) is 0.0120. The minimum atomic E-state index is -1.21. The number of aliphatic hydroxyl groups excluding tert-OH is 1. The Morgan fingerprint density at radius 2 is 2.05 bits per heavy atom. The smallest absolute Gasteiger partial charge is 0.130 e. The van der Waals surface area contributed by atoms with Gasteiger partial charge in [0.05, 0.1) is 6.61 Å². The van der Waals surface area contributed by atoms with Gasteiger partial charge < -0.3 is 9.84 Å². The summed E-state index contributed by atoms with van der Waals surface area (Å²) in [4.78, 5) is 0. The van der Waals surface area contributed by atoms with Crippen molar-refractivity contribution < 1.29 is 14.2 Å². The van der Waals surface area contributed by atoms with Crippen molar-refractivity contribution in [2.24, 2.45) is 0 Å². The van der Waals surface area contributed by atoms with Crippen LogP contribution >= 0.6 is 23.2 Å². The van der Waals surface area contributed by atoms with Crippen LogP contribution in [0.3, 0.4) is 0 Å². The molecule has 0 bridgehead atoms. The molecule has 20 heavy (non-hydrogen) atoms. The maximum atomic E-state index is 13.9. The highest BCUT2D eigenvalue weighted by Crippen LogP contribution is 2.40. The molecule has 0 saturated carbocycles. The van der Waals surface area contributed by atoms with Gasteiger partial charge in [-0.1, -0.05) is 29.3 Å². The van der Waals surface area contributed by atoms with E-state index in [2.05, 4.69) is 0 Å². The van der Waals surface area contributed by atoms with E-state index in [-0.39, 0.29) is 10.6 Å². The summed E-state index contributed by atoms with van der Waals surface area (Å²) in [6.45, 7) is 0.528. The van der Waals surface area contributed by atoms with Crippen molar-refractivity contribution in [1.82, 2.24) is 0 Å². The van der Waals surface area contributed by atoms with Crippen molar-refractivity contribution in [2.45, 2.75) is 12.5 Å². The molecule has 0 aromatic heterocycles. The number of benzene rings is 2. The van der Waals surface area contributed by atoms with Crippen LogP contribution in [0, 0.1) is 5.82 Å². The van der Waals surface area contributed by atoms with Crippen molar-refractivity contribution in [2.75, 3.05) is 6.61 Å². The van der Waals surface area contributed by atoms with Gasteiger partial charge in [0.1, 0.15) is 17.7 Å². The molecule has 1 heterocycles. The fourth-order valence-electron chi connectivity index (χ4n) is 2.43. The summed E-state index contributed by atoms with van der Waals surface area (Å²) in [6.07, 6.45) is -0.491. The van der Waals surface area contributed by atoms with Gasteiger partial charge in [0.15, 0.2) is 0 Å². The quantitative estimate of drug-likeness (QED) is 0.902. The Labute approximate surface area is 125 Å². The second-order valence-corrected chi connectivity index (χ2v) is 5.46. The molecule has 0 fully saturated rings. The molecule has 2 nitrogen and oxygen atoms in total. The topological polar surface area (TPSA) is 29.5 Å². The number of hydrogen-bond donors (Lipinski definition) is 1. The highest BCUT2D eigenvalue weighted by atomic mass is 35.5. The molecule has 1 aliphatic rings. The van der Waals surface area contributed by atoms with Crippen LogP contribution in [0.15, 0.2) is 30.3 Å². The minimum absolute atomic E-state index is 0.0362. The van der Waals surface area contributed by atoms with Gasteiger partial charge >= 0.3 is 0 Å². The fourth-order valence-corrected chi connectivity index (χ4v) is 2.94. The normalized spacial score (nSPS) is 14.8. The van der Waals surface area contributed by atoms with Gasteiger partial charge in [0.25, 0.3) is 0 Å². The van der Waals surface area contributed by atoms with E-state index in [1.54, 1.807) is 12.1 Å². The number of halogens is 3. The number of hydrogen-bond acceptors (Lipinski definition) is 2. The molecule has 1 unspecified atom stereocenters. The van der Waals surface area contributed by atoms with E-state index in [9.17, 15) is 9.50 Å². The lowest BCUT2D eigenvalue weighted by Crippen LogP contribution is -2.05. The van der Waals surface area contributed by atoms with Crippen LogP contribution in [0.2, 0.25) is 10.0 Å². The monoisotopic (exact) mass is 312 g/mol. The fraction of sp³-hybridized carbons (Fsp3) is 0.200. The maximum Gasteiger partial charge on any atom is 0.130 e. The zero-order valence-corrected chi connectivity index (χ0v) is 11.9. The zero-order valence-electron chi connectivity index (χ0n) is 10.4. The number of ether oxygens (including phenoxy) is 1. The summed E-state index contributed by atoms with van der Waals surface area (Å²) < 4.78 is 19.4. The van der Waals surface area contributed by atoms with E-state index in [1.807, 2.05) is 0 Å². The molecule has 1 N–H and O–H groups in total. The first-order chi connectivity index (χ1) is 9.58. The third kappa shape index (κ3) is 2.26. The van der Waals surface area contributed by atoms with Crippen LogP contribution < -0.4 is 4.74 Å². The van der Waals surface area contributed by atoms with Crippen molar-refractivity contribution in [3.63, 3.8) is 0 Å². The van der Waals surface area contributed by atoms with Gasteiger partial charge in [-0.2, -0.15) is 0 Å². The Morgan fingerprint density at radius 3 is 2.80 bits per heavy atom. The lowest BCUT2D eigenvalue weighted by molar-refractivity contribution is 0.209. The van der Waals surface area contributed by atoms with Gasteiger partial charge in [0, 0.05) is 27.6 Å². The lowest BCUT2D eigenvalue weighted by Gasteiger charge is -2.17. The lowest BCUT2D eigenvalue weighted by atomic mass is 9.98. The predicted octanol–water partition coefficient (Wildman–Crippen LogP) is 4.15. The van der Waals surface area contributed by atoms with E-state index >= 15 is 0 Å². The van der Waals surface area contributed by atoms with Crippen molar-refractivity contribution in [3.8, 4) is 5.75 Å². The summed E-state index contributed by atoms with van der Waals surface area (Å²) in [7, 11) is 0. The first-order valence-corrected chi connectivity index (χ1v) is 6.90. The third-order valence-corrected chi connectivity index (χ3v) is 3.89. The van der Waals surface area contributed by atoms with Crippen molar-refractivity contribution in [1.29, 1.82) is 0 Å². The van der Waals surface area contributed by atoms with Crippen LogP contribution in [-0.4, -0.2) is 11.7 Å². The Morgan fingerprint density at radius 1 is 1.25 bits per heavy atom. The second kappa shape index (κ2) is 5.24. The first-order valence-electron chi connectivity index (χ1n) is 6.15. The average Bonchev–Trinajstić information content (AvgIpc) is 2.85. The summed E-state index contributed by atoms with van der Waals surface area (Å²) >= 11 is 12.0. The summed E-state index contributed by atoms with van der Waals surface area (Å²) in [6, 6.07) is 7.67. The largest absolute Gasteiger partial charge is 0.493 e. The molecular weight excluding hydrogens is 302 g/mol. The highest BCUT2D eigenvalue weighted by molar-refractivity contribution is 6.31. The zero-order chi connectivity index (χ0) is 14.3. The van der Waals surface area contributed by atoms with E-state index in [4.69, 9.17) is 27.9 Å². The number of fused-ring (bicyclic) bond motifs is 1. The predicted molar refractivity (Wildman–Crippen MR) is 76.1 cm³/mol. The van der Waals surface area contributed by atoms with Gasteiger partial charge in [0.2, 0.25) is 0 Å². The Hall–Kier alpha value is -1.29. The molecule has 1 aliphatic heterocycles. The molecule has 104 valence electrons. The molecule has 0 spiro atoms. The van der Waals surface area contributed by atoms with E-state index in [0.29, 0.717) is 22.9 Å². The Bertz CT molecular complexity index is 653. The van der Waals surface area contributed by atoms with Crippen LogP contribution in [0.4, 0.5) is 4.39 Å². The number of aliphatic hydroxyl groups is 1. The van der Waals surface area contributed by atoms with Crippen LogP contribution in [-0.2, 0) is 6.42 Å². The van der Waals surface area contributed by atoms with Crippen LogP contribution in [0.5, 0.6) is 5.75 Å². The van der Waals surface area contributed by atoms with Crippen molar-refractivity contribution in [3.05, 3.63) is 62.9 Å². The van der Waals surface area contributed by atoms with Crippen LogP contribution in [0.25, 0.3) is 0 Å². The number of rotatable bonds is 2. The van der Waals surface area contributed by atoms with Gasteiger partial charge in [-0.05, 0) is 29.8 Å². The summed E-state index contributed by atoms with van der Waals surface area (Å²) in [5, 5.41) is 11.1. The SMILES string of the molecule is OC(c1cc(Cl)cc2c1OCC2)c1c(F)cccc1Cl. The maximum absolute atomic E-state index is 13.9. The molecule has 0 saturated heterocycles. The molecule has 2 aromatic rings. The van der Waals surface area contributed by atoms with Gasteiger partial charge in [-0.25, -0.2) is 4.39 Å². The minimum Gasteiger partial charge on any atom is -0.493 e. The molecule has 0 amide bonds. The van der Waals surface area contributed by atoms with E-state index in [1.165, 1.54) is 18.2 Å². The molecule has 3 rings (SSSR count). The molecular formula is C15H11Cl2FO2. The average molecular weight is 313 g/mol. The van der Waals surface area contributed by atoms with E-state index < -0.39 is 11.9 Å². The standard InChI is InChI=1S/C15H11Cl2FO2/c16-9-6-8-4-5-20-15(8)10(7-9)14(19)13-11(17)2-1-3-12(13)18/h1-3,6-7,14,19H,4-5H2. The highest BCUT2D eigenvalue weighted by Gasteiger charge is 2.26. The Balaban J connectivity index is 2.14. The molecule has 0 radical (unpaired) electrons. The molecule has 5 heteroatoms. The molecule has 0 aliphatic carbocycles.